The van der Waals surface area contributed by atoms with E-state index in [4.69, 9.17) is 9.84 Å². The molecule has 2 aromatic carbocycles. The van der Waals surface area contributed by atoms with Crippen LogP contribution in [0.3, 0.4) is 0 Å². The lowest BCUT2D eigenvalue weighted by Gasteiger charge is -2.17. The van der Waals surface area contributed by atoms with Crippen molar-refractivity contribution in [3.05, 3.63) is 59.7 Å². The number of carboxylic acids is 1. The van der Waals surface area contributed by atoms with Crippen molar-refractivity contribution in [3.63, 3.8) is 0 Å². The van der Waals surface area contributed by atoms with Crippen LogP contribution in [0.2, 0.25) is 0 Å². The fourth-order valence-corrected chi connectivity index (χ4v) is 3.30. The van der Waals surface area contributed by atoms with Gasteiger partial charge >= 0.3 is 5.97 Å². The SMILES string of the molecule is COc1ccc(CN2CC(C(=O)Nc3ccc(CCC(=O)O)cc3)CC2=O)cc1. The highest BCUT2D eigenvalue weighted by molar-refractivity contribution is 5.97. The molecule has 1 unspecified atom stereocenters. The number of rotatable bonds is 8. The topological polar surface area (TPSA) is 95.9 Å². The molecule has 1 fully saturated rings. The molecule has 0 radical (unpaired) electrons. The Morgan fingerprint density at radius 1 is 1.10 bits per heavy atom. The Morgan fingerprint density at radius 3 is 2.38 bits per heavy atom. The van der Waals surface area contributed by atoms with Crippen LogP contribution >= 0.6 is 0 Å². The molecule has 7 nitrogen and oxygen atoms in total. The number of hydrogen-bond donors (Lipinski definition) is 2. The second kappa shape index (κ2) is 9.23. The molecule has 0 saturated carbocycles. The predicted molar refractivity (Wildman–Crippen MR) is 108 cm³/mol. The number of carbonyl (C=O) groups excluding carboxylic acids is 2. The Bertz CT molecular complexity index is 877. The standard InChI is InChI=1S/C22H24N2O5/c1-29-19-9-4-16(5-10-19)13-24-14-17(12-20(24)25)22(28)23-18-7-2-15(3-8-18)6-11-21(26)27/h2-5,7-10,17H,6,11-14H2,1H3,(H,23,28)(H,26,27). The van der Waals surface area contributed by atoms with Gasteiger partial charge in [0, 0.05) is 31.6 Å². The average Bonchev–Trinajstić information content (AvgIpc) is 3.08. The van der Waals surface area contributed by atoms with Crippen molar-refractivity contribution in [2.75, 3.05) is 19.0 Å². The maximum atomic E-state index is 12.6. The molecule has 7 heteroatoms. The van der Waals surface area contributed by atoms with E-state index in [-0.39, 0.29) is 24.7 Å². The molecule has 152 valence electrons. The molecule has 0 aliphatic carbocycles. The van der Waals surface area contributed by atoms with Crippen molar-refractivity contribution < 1.29 is 24.2 Å². The highest BCUT2D eigenvalue weighted by Crippen LogP contribution is 2.23. The van der Waals surface area contributed by atoms with Gasteiger partial charge in [0.15, 0.2) is 0 Å². The van der Waals surface area contributed by atoms with Crippen molar-refractivity contribution in [3.8, 4) is 5.75 Å². The van der Waals surface area contributed by atoms with Crippen LogP contribution in [-0.4, -0.2) is 41.4 Å². The molecule has 1 atom stereocenters. The number of likely N-dealkylation sites (tertiary alicyclic amines) is 1. The van der Waals surface area contributed by atoms with Crippen molar-refractivity contribution in [2.45, 2.75) is 25.8 Å². The third-order valence-electron chi connectivity index (χ3n) is 4.97. The van der Waals surface area contributed by atoms with E-state index in [9.17, 15) is 14.4 Å². The van der Waals surface area contributed by atoms with Crippen molar-refractivity contribution in [2.24, 2.45) is 5.92 Å². The molecule has 2 amide bonds. The summed E-state index contributed by atoms with van der Waals surface area (Å²) in [6, 6.07) is 14.6. The van der Waals surface area contributed by atoms with E-state index in [1.165, 1.54) is 0 Å². The van der Waals surface area contributed by atoms with Gasteiger partial charge in [0.1, 0.15) is 5.75 Å². The number of nitrogens with zero attached hydrogens (tertiary/aromatic N) is 1. The molecule has 29 heavy (non-hydrogen) atoms. The smallest absolute Gasteiger partial charge is 0.303 e. The van der Waals surface area contributed by atoms with E-state index in [1.807, 2.05) is 24.3 Å². The molecular formula is C22H24N2O5. The van der Waals surface area contributed by atoms with Gasteiger partial charge in [0.25, 0.3) is 0 Å². The van der Waals surface area contributed by atoms with E-state index in [1.54, 1.807) is 36.3 Å². The number of ether oxygens (including phenoxy) is 1. The molecule has 1 aliphatic heterocycles. The Kier molecular flexibility index (Phi) is 6.49. The molecule has 1 saturated heterocycles. The second-order valence-electron chi connectivity index (χ2n) is 7.10. The molecule has 1 aliphatic rings. The van der Waals surface area contributed by atoms with Crippen LogP contribution < -0.4 is 10.1 Å². The van der Waals surface area contributed by atoms with Gasteiger partial charge in [-0.25, -0.2) is 0 Å². The predicted octanol–water partition coefficient (Wildman–Crippen LogP) is 2.70. The third kappa shape index (κ3) is 5.57. The number of amides is 2. The van der Waals surface area contributed by atoms with Gasteiger partial charge in [-0.3, -0.25) is 14.4 Å². The maximum Gasteiger partial charge on any atom is 0.303 e. The molecule has 2 N–H and O–H groups in total. The lowest BCUT2D eigenvalue weighted by molar-refractivity contribution is -0.137. The number of anilines is 1. The minimum Gasteiger partial charge on any atom is -0.497 e. The number of carboxylic acid groups (broad SMARTS) is 1. The highest BCUT2D eigenvalue weighted by Gasteiger charge is 2.34. The molecule has 0 bridgehead atoms. The number of aryl methyl sites for hydroxylation is 1. The average molecular weight is 396 g/mol. The van der Waals surface area contributed by atoms with Gasteiger partial charge in [-0.1, -0.05) is 24.3 Å². The van der Waals surface area contributed by atoms with E-state index >= 15 is 0 Å². The quantitative estimate of drug-likeness (QED) is 0.715. The molecule has 0 spiro atoms. The molecule has 0 aromatic heterocycles. The fraction of sp³-hybridized carbons (Fsp3) is 0.318. The maximum absolute atomic E-state index is 12.6. The number of aliphatic carboxylic acids is 1. The van der Waals surface area contributed by atoms with E-state index in [2.05, 4.69) is 5.32 Å². The summed E-state index contributed by atoms with van der Waals surface area (Å²) in [5.41, 5.74) is 2.51. The van der Waals surface area contributed by atoms with Crippen molar-refractivity contribution in [1.82, 2.24) is 4.90 Å². The number of benzene rings is 2. The monoisotopic (exact) mass is 396 g/mol. The summed E-state index contributed by atoms with van der Waals surface area (Å²) in [6.45, 7) is 0.846. The van der Waals surface area contributed by atoms with Crippen molar-refractivity contribution in [1.29, 1.82) is 0 Å². The van der Waals surface area contributed by atoms with Crippen LogP contribution in [0, 0.1) is 5.92 Å². The summed E-state index contributed by atoms with van der Waals surface area (Å²) in [7, 11) is 1.60. The summed E-state index contributed by atoms with van der Waals surface area (Å²) < 4.78 is 5.14. The van der Waals surface area contributed by atoms with Crippen LogP contribution in [0.1, 0.15) is 24.0 Å². The summed E-state index contributed by atoms with van der Waals surface area (Å²) >= 11 is 0. The highest BCUT2D eigenvalue weighted by atomic mass is 16.5. The minimum absolute atomic E-state index is 0.0370. The van der Waals surface area contributed by atoms with Gasteiger partial charge < -0.3 is 20.1 Å². The largest absolute Gasteiger partial charge is 0.497 e. The second-order valence-corrected chi connectivity index (χ2v) is 7.10. The zero-order valence-electron chi connectivity index (χ0n) is 16.3. The lowest BCUT2D eigenvalue weighted by Crippen LogP contribution is -2.28. The number of methoxy groups -OCH3 is 1. The van der Waals surface area contributed by atoms with Crippen LogP contribution in [0.15, 0.2) is 48.5 Å². The Balaban J connectivity index is 1.53. The van der Waals surface area contributed by atoms with E-state index in [0.717, 1.165) is 16.9 Å². The van der Waals surface area contributed by atoms with Gasteiger partial charge in [0.2, 0.25) is 11.8 Å². The first-order valence-electron chi connectivity index (χ1n) is 9.47. The molecule has 1 heterocycles. The van der Waals surface area contributed by atoms with E-state index < -0.39 is 11.9 Å². The minimum atomic E-state index is -0.840. The first-order chi connectivity index (χ1) is 13.9. The van der Waals surface area contributed by atoms with Gasteiger partial charge in [-0.15, -0.1) is 0 Å². The zero-order valence-corrected chi connectivity index (χ0v) is 16.3. The third-order valence-corrected chi connectivity index (χ3v) is 4.97. The molecule has 3 rings (SSSR count). The number of hydrogen-bond acceptors (Lipinski definition) is 4. The lowest BCUT2D eigenvalue weighted by atomic mass is 10.1. The first-order valence-corrected chi connectivity index (χ1v) is 9.47. The van der Waals surface area contributed by atoms with Crippen LogP contribution in [-0.2, 0) is 27.3 Å². The van der Waals surface area contributed by atoms with Gasteiger partial charge in [-0.05, 0) is 41.8 Å². The Hall–Kier alpha value is -3.35. The number of carbonyl (C=O) groups is 3. The van der Waals surface area contributed by atoms with Gasteiger partial charge in [0.05, 0.1) is 13.0 Å². The first kappa shape index (κ1) is 20.4. The Labute approximate surface area is 169 Å². The fourth-order valence-electron chi connectivity index (χ4n) is 3.30. The van der Waals surface area contributed by atoms with Gasteiger partial charge in [-0.2, -0.15) is 0 Å². The van der Waals surface area contributed by atoms with Crippen LogP contribution in [0.25, 0.3) is 0 Å². The van der Waals surface area contributed by atoms with E-state index in [0.29, 0.717) is 25.2 Å². The summed E-state index contributed by atoms with van der Waals surface area (Å²) in [6.07, 6.45) is 0.708. The normalized spacial score (nSPS) is 16.0. The number of nitrogens with one attached hydrogen (secondary N) is 1. The van der Waals surface area contributed by atoms with Crippen LogP contribution in [0.5, 0.6) is 5.75 Å². The van der Waals surface area contributed by atoms with Crippen LogP contribution in [0.4, 0.5) is 5.69 Å². The van der Waals surface area contributed by atoms with Crippen molar-refractivity contribution >= 4 is 23.5 Å². The Morgan fingerprint density at radius 2 is 1.76 bits per heavy atom. The summed E-state index contributed by atoms with van der Waals surface area (Å²) in [4.78, 5) is 37.2. The summed E-state index contributed by atoms with van der Waals surface area (Å²) in [5.74, 6) is -0.702. The summed E-state index contributed by atoms with van der Waals surface area (Å²) in [5, 5.41) is 11.6. The zero-order chi connectivity index (χ0) is 20.8. The molecule has 2 aromatic rings. The molecular weight excluding hydrogens is 372 g/mol.